The monoisotopic (exact) mass is 338 g/mol. The number of hydrogen-bond acceptors (Lipinski definition) is 0. The Hall–Kier alpha value is 0.599. The summed E-state index contributed by atoms with van der Waals surface area (Å²) < 4.78 is 0.953. The molecule has 0 heterocycles. The predicted octanol–water partition coefficient (Wildman–Crippen LogP) is 4.51. The predicted molar refractivity (Wildman–Crippen MR) is 67.6 cm³/mol. The van der Waals surface area contributed by atoms with Gasteiger partial charge >= 0.3 is 98.5 Å². The van der Waals surface area contributed by atoms with Gasteiger partial charge in [-0.3, -0.25) is 0 Å². The summed E-state index contributed by atoms with van der Waals surface area (Å²) in [5.74, 6) is 0. The molecule has 0 bridgehead atoms. The van der Waals surface area contributed by atoms with E-state index in [1.807, 2.05) is 11.0 Å². The first kappa shape index (κ1) is 12.7. The summed E-state index contributed by atoms with van der Waals surface area (Å²) in [6, 6.07) is 10.4. The van der Waals surface area contributed by atoms with E-state index in [-0.39, 0.29) is 5.41 Å². The zero-order valence-corrected chi connectivity index (χ0v) is 13.2. The van der Waals surface area contributed by atoms with E-state index in [2.05, 4.69) is 38.1 Å². The quantitative estimate of drug-likeness (QED) is 0.712. The summed E-state index contributed by atoms with van der Waals surface area (Å²) in [5.41, 5.74) is 1.43. The van der Waals surface area contributed by atoms with Gasteiger partial charge in [-0.2, -0.15) is 0 Å². The van der Waals surface area contributed by atoms with Crippen LogP contribution < -0.4 is 0 Å². The Kier molecular flexibility index (Phi) is 4.19. The molecule has 0 aromatic heterocycles. The second-order valence-electron chi connectivity index (χ2n) is 4.50. The fraction of sp³-hybridized carbons (Fsp3) is 0.455. The van der Waals surface area contributed by atoms with Gasteiger partial charge in [0.2, 0.25) is 0 Å². The minimum absolute atomic E-state index is 0.107. The Bertz CT molecular complexity index is 288. The molecule has 1 aromatic carbocycles. The van der Waals surface area contributed by atoms with Gasteiger partial charge in [0.1, 0.15) is 0 Å². The van der Waals surface area contributed by atoms with Crippen LogP contribution in [-0.2, 0) is 5.41 Å². The Morgan fingerprint density at radius 2 is 1.64 bits per heavy atom. The van der Waals surface area contributed by atoms with Crippen molar-refractivity contribution in [2.24, 2.45) is 0 Å². The topological polar surface area (TPSA) is 0 Å². The van der Waals surface area contributed by atoms with Crippen molar-refractivity contribution in [3.63, 3.8) is 0 Å². The van der Waals surface area contributed by atoms with Gasteiger partial charge < -0.3 is 0 Å². The van der Waals surface area contributed by atoms with Crippen molar-refractivity contribution in [1.29, 1.82) is 0 Å². The molecule has 0 N–H and O–H groups in total. The molecule has 0 saturated carbocycles. The molecular weight excluding hydrogens is 322 g/mol. The zero-order chi connectivity index (χ0) is 10.8. The van der Waals surface area contributed by atoms with Crippen LogP contribution >= 0.6 is 17.8 Å². The van der Waals surface area contributed by atoms with Crippen molar-refractivity contribution in [3.8, 4) is 0 Å². The van der Waals surface area contributed by atoms with Crippen LogP contribution in [0.2, 0.25) is 9.38 Å². The van der Waals surface area contributed by atoms with Crippen LogP contribution in [0.4, 0.5) is 0 Å². The molecule has 1 aromatic rings. The fourth-order valence-corrected chi connectivity index (χ4v) is 11.3. The second kappa shape index (κ2) is 4.63. The van der Waals surface area contributed by atoms with Crippen LogP contribution in [0.15, 0.2) is 30.3 Å². The molecule has 0 spiro atoms. The maximum atomic E-state index is 6.24. The van der Waals surface area contributed by atoms with Crippen LogP contribution in [-0.4, -0.2) is 16.1 Å². The van der Waals surface area contributed by atoms with Crippen LogP contribution in [0.25, 0.3) is 0 Å². The van der Waals surface area contributed by atoms with E-state index in [0.29, 0.717) is 0 Å². The maximum absolute atomic E-state index is 6.24. The second-order valence-corrected chi connectivity index (χ2v) is 24.1. The van der Waals surface area contributed by atoms with E-state index >= 15 is 0 Å². The molecule has 0 amide bonds. The standard InChI is InChI=1S/C10H13.CH3.2ClH.Sn/c1-10(2,3)9-7-5-4-6-8-9;;;;/h4-8H,1H2,2-3H3;1H3;2*1H;/q;;;;+2/p-2. The molecule has 0 unspecified atom stereocenters. The molecule has 0 fully saturated rings. The van der Waals surface area contributed by atoms with Crippen molar-refractivity contribution in [3.05, 3.63) is 35.9 Å². The van der Waals surface area contributed by atoms with Gasteiger partial charge in [-0.05, 0) is 0 Å². The fourth-order valence-electron chi connectivity index (χ4n) is 1.77. The number of benzene rings is 1. The summed E-state index contributed by atoms with van der Waals surface area (Å²) >= 11 is -2.73. The van der Waals surface area contributed by atoms with Gasteiger partial charge in [0, 0.05) is 0 Å². The van der Waals surface area contributed by atoms with Gasteiger partial charge in [0.15, 0.2) is 0 Å². The first-order valence-corrected chi connectivity index (χ1v) is 16.8. The molecule has 0 radical (unpaired) electrons. The third-order valence-electron chi connectivity index (χ3n) is 2.31. The Balaban J connectivity index is 2.86. The number of rotatable bonds is 3. The van der Waals surface area contributed by atoms with Crippen molar-refractivity contribution in [2.75, 3.05) is 0 Å². The van der Waals surface area contributed by atoms with Crippen molar-refractivity contribution >= 4 is 34.0 Å². The molecule has 78 valence electrons. The van der Waals surface area contributed by atoms with Crippen LogP contribution in [0.1, 0.15) is 19.4 Å². The van der Waals surface area contributed by atoms with Crippen molar-refractivity contribution in [1.82, 2.24) is 0 Å². The molecule has 0 aliphatic heterocycles. The van der Waals surface area contributed by atoms with Gasteiger partial charge in [-0.1, -0.05) is 0 Å². The zero-order valence-electron chi connectivity index (χ0n) is 8.85. The summed E-state index contributed by atoms with van der Waals surface area (Å²) in [6.45, 7) is 4.42. The Morgan fingerprint density at radius 3 is 2.07 bits per heavy atom. The molecule has 0 atom stereocenters. The Morgan fingerprint density at radius 1 is 1.14 bits per heavy atom. The van der Waals surface area contributed by atoms with Gasteiger partial charge in [0.05, 0.1) is 0 Å². The van der Waals surface area contributed by atoms with E-state index in [4.69, 9.17) is 17.8 Å². The SMILES string of the molecule is CC(C)([CH2][Sn]([CH3])([Cl])[Cl])c1ccccc1. The van der Waals surface area contributed by atoms with E-state index in [9.17, 15) is 0 Å². The van der Waals surface area contributed by atoms with Crippen LogP contribution in [0.3, 0.4) is 0 Å². The summed E-state index contributed by atoms with van der Waals surface area (Å²) in [5, 5.41) is 0. The minimum atomic E-state index is -2.73. The molecule has 0 aliphatic carbocycles. The molecule has 0 saturated heterocycles. The Labute approximate surface area is 97.9 Å². The number of hydrogen-bond donors (Lipinski definition) is 0. The molecule has 0 nitrogen and oxygen atoms in total. The van der Waals surface area contributed by atoms with E-state index in [0.717, 1.165) is 4.44 Å². The molecule has 3 heteroatoms. The summed E-state index contributed by atoms with van der Waals surface area (Å²) in [7, 11) is 12.5. The first-order valence-electron chi connectivity index (χ1n) is 4.75. The molecular formula is C11H16Cl2Sn. The third kappa shape index (κ3) is 3.99. The third-order valence-corrected chi connectivity index (χ3v) is 8.40. The number of halogens is 2. The van der Waals surface area contributed by atoms with Crippen LogP contribution in [0.5, 0.6) is 0 Å². The van der Waals surface area contributed by atoms with Gasteiger partial charge in [0.25, 0.3) is 0 Å². The summed E-state index contributed by atoms with van der Waals surface area (Å²) in [4.78, 5) is 2.04. The van der Waals surface area contributed by atoms with E-state index in [1.165, 1.54) is 5.56 Å². The molecule has 1 rings (SSSR count). The average Bonchev–Trinajstić information content (AvgIpc) is 2.01. The summed E-state index contributed by atoms with van der Waals surface area (Å²) in [6.07, 6.45) is 0. The first-order chi connectivity index (χ1) is 6.31. The van der Waals surface area contributed by atoms with E-state index < -0.39 is 16.1 Å². The van der Waals surface area contributed by atoms with Gasteiger partial charge in [-0.15, -0.1) is 0 Å². The van der Waals surface area contributed by atoms with Crippen LogP contribution in [0, 0.1) is 0 Å². The average molecular weight is 338 g/mol. The van der Waals surface area contributed by atoms with Gasteiger partial charge in [-0.25, -0.2) is 0 Å². The molecule has 0 aliphatic rings. The molecule has 14 heavy (non-hydrogen) atoms. The van der Waals surface area contributed by atoms with Crippen molar-refractivity contribution < 1.29 is 0 Å². The van der Waals surface area contributed by atoms with E-state index in [1.54, 1.807) is 0 Å². The van der Waals surface area contributed by atoms with Crippen molar-refractivity contribution in [2.45, 2.75) is 28.6 Å². The normalized spacial score (nSPS) is 12.9.